The molecule has 3 heterocycles. The first-order valence-electron chi connectivity index (χ1n) is 17.2. The molecule has 1 spiro atoms. The minimum absolute atomic E-state index is 0.0389. The fourth-order valence-corrected chi connectivity index (χ4v) is 9.43. The Balaban J connectivity index is 1.22. The molecule has 8 rings (SSSR count). The molecule has 6 aliphatic rings. The number of ether oxygens (including phenoxy) is 6. The number of fused-ring (bicyclic) bond motifs is 4. The second-order valence-corrected chi connectivity index (χ2v) is 15.8. The molecule has 3 aliphatic heterocycles. The van der Waals surface area contributed by atoms with Gasteiger partial charge in [-0.3, -0.25) is 0 Å². The van der Waals surface area contributed by atoms with Crippen molar-refractivity contribution in [1.29, 1.82) is 0 Å². The number of cyclic esters (lactones) is 1. The lowest BCUT2D eigenvalue weighted by molar-refractivity contribution is -0.216. The molecule has 2 saturated carbocycles. The van der Waals surface area contributed by atoms with Gasteiger partial charge in [-0.05, 0) is 64.0 Å². The van der Waals surface area contributed by atoms with Crippen LogP contribution in [0.3, 0.4) is 0 Å². The van der Waals surface area contributed by atoms with E-state index in [0.717, 1.165) is 0 Å². The fraction of sp³-hybridized carbons (Fsp3) is 0.513. The number of hydrogen-bond acceptors (Lipinski definition) is 10. The molecule has 10 heteroatoms. The van der Waals surface area contributed by atoms with Crippen molar-refractivity contribution in [3.8, 4) is 0 Å². The molecule has 2 saturated heterocycles. The normalized spacial score (nSPS) is 37.8. The zero-order valence-corrected chi connectivity index (χ0v) is 28.6. The monoisotopic (exact) mass is 670 g/mol. The van der Waals surface area contributed by atoms with E-state index in [1.54, 1.807) is 57.2 Å². The van der Waals surface area contributed by atoms with Crippen molar-refractivity contribution in [1.82, 2.24) is 0 Å². The highest BCUT2D eigenvalue weighted by atomic mass is 16.8. The van der Waals surface area contributed by atoms with Crippen molar-refractivity contribution in [2.75, 3.05) is 0 Å². The van der Waals surface area contributed by atoms with Crippen LogP contribution in [-0.4, -0.2) is 63.9 Å². The average Bonchev–Trinajstić information content (AvgIpc) is 3.94. The van der Waals surface area contributed by atoms with Gasteiger partial charge in [-0.2, -0.15) is 0 Å². The molecule has 2 aromatic carbocycles. The first kappa shape index (κ1) is 32.2. The Labute approximate surface area is 285 Å². The van der Waals surface area contributed by atoms with E-state index in [-0.39, 0.29) is 30.0 Å². The maximum Gasteiger partial charge on any atom is 0.509 e. The Morgan fingerprint density at radius 3 is 2.24 bits per heavy atom. The van der Waals surface area contributed by atoms with E-state index < -0.39 is 64.0 Å². The summed E-state index contributed by atoms with van der Waals surface area (Å²) in [7, 11) is 0. The molecule has 0 radical (unpaired) electrons. The molecule has 0 aromatic heterocycles. The van der Waals surface area contributed by atoms with Crippen molar-refractivity contribution in [3.05, 3.63) is 88.7 Å². The minimum Gasteiger partial charge on any atom is -0.429 e. The molecule has 0 bridgehead atoms. The van der Waals surface area contributed by atoms with E-state index in [1.165, 1.54) is 0 Å². The van der Waals surface area contributed by atoms with Gasteiger partial charge >= 0.3 is 18.1 Å². The molecule has 258 valence electrons. The Hall–Kier alpha value is -3.99. The van der Waals surface area contributed by atoms with E-state index in [1.807, 2.05) is 45.0 Å². The summed E-state index contributed by atoms with van der Waals surface area (Å²) >= 11 is 0. The maximum atomic E-state index is 13.6. The molecule has 1 N–H and O–H groups in total. The van der Waals surface area contributed by atoms with Crippen LogP contribution in [0.15, 0.2) is 77.6 Å². The second kappa shape index (κ2) is 10.5. The summed E-state index contributed by atoms with van der Waals surface area (Å²) < 4.78 is 36.9. The van der Waals surface area contributed by atoms with Crippen molar-refractivity contribution < 1.29 is 47.9 Å². The molecule has 49 heavy (non-hydrogen) atoms. The number of allylic oxidation sites excluding steroid dienone is 1. The number of epoxide rings is 2. The zero-order valence-electron chi connectivity index (χ0n) is 28.6. The Morgan fingerprint density at radius 2 is 1.61 bits per heavy atom. The van der Waals surface area contributed by atoms with Crippen LogP contribution in [0.5, 0.6) is 0 Å². The molecular weight excluding hydrogens is 628 g/mol. The SMILES string of the molecule is CC(C)[C@]12O[C@H]1C[C@]1(O)[C@]3(O[C@H]3C[C@H]3C4=C(CC[C@@]31C)C(=O)O/C4=C(/OC(=O)c1ccccc1)c1ccccc1)[C@@H]2OC(=O)OC(C)(C)C. The van der Waals surface area contributed by atoms with Crippen molar-refractivity contribution in [2.45, 2.75) is 108 Å². The largest absolute Gasteiger partial charge is 0.509 e. The lowest BCUT2D eigenvalue weighted by Crippen LogP contribution is -2.74. The van der Waals surface area contributed by atoms with Crippen molar-refractivity contribution >= 4 is 23.9 Å². The van der Waals surface area contributed by atoms with E-state index in [9.17, 15) is 19.5 Å². The van der Waals surface area contributed by atoms with Gasteiger partial charge in [-0.1, -0.05) is 69.3 Å². The lowest BCUT2D eigenvalue weighted by atomic mass is 9.44. The van der Waals surface area contributed by atoms with Crippen LogP contribution < -0.4 is 0 Å². The van der Waals surface area contributed by atoms with Gasteiger partial charge in [0.2, 0.25) is 0 Å². The Morgan fingerprint density at radius 1 is 0.959 bits per heavy atom. The number of aliphatic hydroxyl groups is 1. The predicted molar refractivity (Wildman–Crippen MR) is 175 cm³/mol. The van der Waals surface area contributed by atoms with E-state index in [0.29, 0.717) is 41.5 Å². The summed E-state index contributed by atoms with van der Waals surface area (Å²) in [6, 6.07) is 17.7. The molecule has 8 atom stereocenters. The number of benzene rings is 2. The maximum absolute atomic E-state index is 13.6. The Kier molecular flexibility index (Phi) is 6.91. The molecule has 4 fully saturated rings. The highest BCUT2D eigenvalue weighted by Gasteiger charge is 2.92. The van der Waals surface area contributed by atoms with E-state index in [2.05, 4.69) is 0 Å². The highest BCUT2D eigenvalue weighted by Crippen LogP contribution is 2.77. The summed E-state index contributed by atoms with van der Waals surface area (Å²) in [4.78, 5) is 40.3. The summed E-state index contributed by atoms with van der Waals surface area (Å²) in [6.07, 6.45) is -1.17. The lowest BCUT2D eigenvalue weighted by Gasteiger charge is -2.60. The Bertz CT molecular complexity index is 1810. The molecular formula is C39H42O10. The van der Waals surface area contributed by atoms with Crippen molar-refractivity contribution in [3.63, 3.8) is 0 Å². The predicted octanol–water partition coefficient (Wildman–Crippen LogP) is 6.27. The molecule has 3 aliphatic carbocycles. The van der Waals surface area contributed by atoms with Crippen LogP contribution in [0.4, 0.5) is 4.79 Å². The molecule has 10 nitrogen and oxygen atoms in total. The van der Waals surface area contributed by atoms with Crippen LogP contribution in [0, 0.1) is 17.3 Å². The quantitative estimate of drug-likeness (QED) is 0.168. The topological polar surface area (TPSA) is 133 Å². The summed E-state index contributed by atoms with van der Waals surface area (Å²) in [5, 5.41) is 13.2. The number of carbonyl (C=O) groups is 3. The standard InChI is InChI=1S/C39H42O10/c1-21(2)38-27(47-38)20-37(43)36(6)18-17-24-28(25(36)19-26-39(37,48-26)33(38)46-34(42)49-35(3,4)5)30(45-32(24)41)29(22-13-9-7-10-14-22)44-31(40)23-15-11-8-12-16-23/h7-16,21,25-27,33,43H,17-20H2,1-6H3/b30-29+/t25-,26-,27-,33+,36-,37+,38-,39+/m0/s1. The van der Waals surface area contributed by atoms with Gasteiger partial charge < -0.3 is 33.5 Å². The van der Waals surface area contributed by atoms with E-state index in [4.69, 9.17) is 28.4 Å². The molecule has 2 aromatic rings. The molecule has 0 unspecified atom stereocenters. The van der Waals surface area contributed by atoms with Crippen LogP contribution in [0.1, 0.15) is 83.1 Å². The van der Waals surface area contributed by atoms with Gasteiger partial charge in [0.05, 0.1) is 17.8 Å². The van der Waals surface area contributed by atoms with Gasteiger partial charge in [-0.25, -0.2) is 14.4 Å². The van der Waals surface area contributed by atoms with Gasteiger partial charge in [-0.15, -0.1) is 0 Å². The van der Waals surface area contributed by atoms with Crippen molar-refractivity contribution in [2.24, 2.45) is 17.3 Å². The van der Waals surface area contributed by atoms with Gasteiger partial charge in [0.25, 0.3) is 0 Å². The smallest absolute Gasteiger partial charge is 0.429 e. The highest BCUT2D eigenvalue weighted by molar-refractivity contribution is 5.99. The third-order valence-corrected chi connectivity index (χ3v) is 11.8. The summed E-state index contributed by atoms with van der Waals surface area (Å²) in [5.41, 5.74) is -3.18. The van der Waals surface area contributed by atoms with Gasteiger partial charge in [0, 0.05) is 28.5 Å². The van der Waals surface area contributed by atoms with Crippen LogP contribution in [-0.2, 0) is 33.2 Å². The third kappa shape index (κ3) is 4.46. The third-order valence-electron chi connectivity index (χ3n) is 11.8. The summed E-state index contributed by atoms with van der Waals surface area (Å²) in [5.74, 6) is -1.21. The zero-order chi connectivity index (χ0) is 34.7. The van der Waals surface area contributed by atoms with E-state index >= 15 is 0 Å². The fourth-order valence-electron chi connectivity index (χ4n) is 9.43. The first-order chi connectivity index (χ1) is 23.2. The van der Waals surface area contributed by atoms with Gasteiger partial charge in [0.15, 0.2) is 23.2 Å². The molecule has 0 amide bonds. The number of carbonyl (C=O) groups excluding carboxylic acids is 3. The minimum atomic E-state index is -1.51. The van der Waals surface area contributed by atoms with Crippen LogP contribution >= 0.6 is 0 Å². The average molecular weight is 671 g/mol. The number of esters is 2. The second-order valence-electron chi connectivity index (χ2n) is 15.8. The number of rotatable bonds is 5. The van der Waals surface area contributed by atoms with Crippen LogP contribution in [0.2, 0.25) is 0 Å². The summed E-state index contributed by atoms with van der Waals surface area (Å²) in [6.45, 7) is 11.4. The first-order valence-corrected chi connectivity index (χ1v) is 17.2. The van der Waals surface area contributed by atoms with Gasteiger partial charge in [0.1, 0.15) is 16.8 Å². The number of hydrogen-bond donors (Lipinski definition) is 1. The van der Waals surface area contributed by atoms with Crippen LogP contribution in [0.25, 0.3) is 5.76 Å².